The number of pyridine rings is 1. The quantitative estimate of drug-likeness (QED) is 0.841. The van der Waals surface area contributed by atoms with Crippen LogP contribution in [0.4, 0.5) is 0 Å². The van der Waals surface area contributed by atoms with Gasteiger partial charge in [0.2, 0.25) is 0 Å². The van der Waals surface area contributed by atoms with Gasteiger partial charge in [-0.25, -0.2) is 9.78 Å². The molecule has 0 aliphatic heterocycles. The third-order valence-electron chi connectivity index (χ3n) is 2.56. The predicted molar refractivity (Wildman–Crippen MR) is 59.1 cm³/mol. The van der Waals surface area contributed by atoms with Crippen LogP contribution in [0.2, 0.25) is 0 Å². The van der Waals surface area contributed by atoms with Crippen LogP contribution < -0.4 is 5.76 Å². The van der Waals surface area contributed by atoms with Gasteiger partial charge in [-0.05, 0) is 18.1 Å². The molecular formula is C11H14N2O3. The summed E-state index contributed by atoms with van der Waals surface area (Å²) in [7, 11) is 0. The topological polar surface area (TPSA) is 68.3 Å². The van der Waals surface area contributed by atoms with Crippen molar-refractivity contribution in [2.24, 2.45) is 5.92 Å². The molecule has 0 aliphatic carbocycles. The summed E-state index contributed by atoms with van der Waals surface area (Å²) in [6.07, 6.45) is 1.01. The average Bonchev–Trinajstić information content (AvgIpc) is 2.55. The first-order valence-corrected chi connectivity index (χ1v) is 5.22. The molecule has 1 unspecified atom stereocenters. The lowest BCUT2D eigenvalue weighted by molar-refractivity contribution is 0.105. The molecule has 2 aromatic heterocycles. The molecule has 0 saturated heterocycles. The Hall–Kier alpha value is -1.62. The highest BCUT2D eigenvalue weighted by atomic mass is 16.4. The molecule has 5 heteroatoms. The zero-order valence-electron chi connectivity index (χ0n) is 9.25. The number of aliphatic hydroxyl groups is 1. The fourth-order valence-electron chi connectivity index (χ4n) is 1.46. The van der Waals surface area contributed by atoms with Crippen molar-refractivity contribution in [3.05, 3.63) is 28.9 Å². The molecule has 86 valence electrons. The van der Waals surface area contributed by atoms with Crippen molar-refractivity contribution in [2.75, 3.05) is 0 Å². The molecule has 0 aliphatic rings. The van der Waals surface area contributed by atoms with Crippen LogP contribution in [0.3, 0.4) is 0 Å². The van der Waals surface area contributed by atoms with Gasteiger partial charge in [-0.1, -0.05) is 13.8 Å². The van der Waals surface area contributed by atoms with E-state index in [1.807, 2.05) is 13.8 Å². The van der Waals surface area contributed by atoms with Crippen LogP contribution in [0.25, 0.3) is 11.2 Å². The zero-order valence-corrected chi connectivity index (χ0v) is 9.25. The lowest BCUT2D eigenvalue weighted by Gasteiger charge is -2.13. The molecule has 2 heterocycles. The van der Waals surface area contributed by atoms with Gasteiger partial charge >= 0.3 is 5.76 Å². The van der Waals surface area contributed by atoms with Gasteiger partial charge in [0.05, 0.1) is 12.6 Å². The molecule has 2 rings (SSSR count). The molecule has 0 spiro atoms. The van der Waals surface area contributed by atoms with Crippen LogP contribution in [0, 0.1) is 5.92 Å². The number of fused-ring (bicyclic) bond motifs is 1. The second kappa shape index (κ2) is 4.09. The summed E-state index contributed by atoms with van der Waals surface area (Å²) < 4.78 is 6.37. The van der Waals surface area contributed by atoms with E-state index in [9.17, 15) is 9.90 Å². The molecule has 0 amide bonds. The smallest absolute Gasteiger partial charge is 0.406 e. The summed E-state index contributed by atoms with van der Waals surface area (Å²) in [6, 6.07) is 3.39. The SMILES string of the molecule is CC(C)C(O)Cn1c(=O)oc2cccnc21. The standard InChI is InChI=1S/C11H14N2O3/c1-7(2)8(14)6-13-10-9(16-11(13)15)4-3-5-12-10/h3-5,7-8,14H,6H2,1-2H3. The molecule has 16 heavy (non-hydrogen) atoms. The van der Waals surface area contributed by atoms with E-state index in [0.717, 1.165) is 0 Å². The van der Waals surface area contributed by atoms with Crippen molar-refractivity contribution in [1.29, 1.82) is 0 Å². The van der Waals surface area contributed by atoms with Crippen LogP contribution in [-0.4, -0.2) is 20.8 Å². The van der Waals surface area contributed by atoms with Crippen molar-refractivity contribution in [2.45, 2.75) is 26.5 Å². The third-order valence-corrected chi connectivity index (χ3v) is 2.56. The molecule has 0 aromatic carbocycles. The maximum absolute atomic E-state index is 11.5. The Labute approximate surface area is 92.3 Å². The molecule has 0 radical (unpaired) electrons. The molecule has 0 bridgehead atoms. The number of rotatable bonds is 3. The van der Waals surface area contributed by atoms with Crippen LogP contribution >= 0.6 is 0 Å². The Morgan fingerprint density at radius 2 is 2.31 bits per heavy atom. The average molecular weight is 222 g/mol. The summed E-state index contributed by atoms with van der Waals surface area (Å²) in [4.78, 5) is 15.6. The van der Waals surface area contributed by atoms with Crippen LogP contribution in [0.5, 0.6) is 0 Å². The first-order valence-electron chi connectivity index (χ1n) is 5.22. The van der Waals surface area contributed by atoms with Gasteiger partial charge in [0.25, 0.3) is 0 Å². The second-order valence-corrected chi connectivity index (χ2v) is 4.12. The number of hydrogen-bond acceptors (Lipinski definition) is 4. The van der Waals surface area contributed by atoms with Crippen molar-refractivity contribution in [1.82, 2.24) is 9.55 Å². The highest BCUT2D eigenvalue weighted by Gasteiger charge is 2.15. The molecule has 5 nitrogen and oxygen atoms in total. The Morgan fingerprint density at radius 3 is 3.00 bits per heavy atom. The number of aliphatic hydroxyl groups excluding tert-OH is 1. The van der Waals surface area contributed by atoms with Gasteiger partial charge in [-0.15, -0.1) is 0 Å². The number of nitrogens with zero attached hydrogens (tertiary/aromatic N) is 2. The maximum Gasteiger partial charge on any atom is 0.421 e. The summed E-state index contributed by atoms with van der Waals surface area (Å²) in [6.45, 7) is 4.00. The van der Waals surface area contributed by atoms with Gasteiger partial charge in [-0.2, -0.15) is 0 Å². The van der Waals surface area contributed by atoms with E-state index in [-0.39, 0.29) is 12.5 Å². The summed E-state index contributed by atoms with van der Waals surface area (Å²) in [5, 5.41) is 9.75. The highest BCUT2D eigenvalue weighted by Crippen LogP contribution is 2.11. The van der Waals surface area contributed by atoms with Crippen LogP contribution in [0.1, 0.15) is 13.8 Å². The van der Waals surface area contributed by atoms with Crippen molar-refractivity contribution in [3.8, 4) is 0 Å². The summed E-state index contributed by atoms with van der Waals surface area (Å²) >= 11 is 0. The predicted octanol–water partition coefficient (Wildman–Crippen LogP) is 1.01. The Morgan fingerprint density at radius 1 is 1.56 bits per heavy atom. The van der Waals surface area contributed by atoms with Crippen molar-refractivity contribution >= 4 is 11.2 Å². The minimum atomic E-state index is -0.583. The third kappa shape index (κ3) is 1.86. The molecule has 0 fully saturated rings. The zero-order chi connectivity index (χ0) is 11.7. The fourth-order valence-corrected chi connectivity index (χ4v) is 1.46. The Balaban J connectivity index is 2.44. The second-order valence-electron chi connectivity index (χ2n) is 4.12. The Bertz CT molecular complexity index is 541. The van der Waals surface area contributed by atoms with E-state index in [2.05, 4.69) is 4.98 Å². The van der Waals surface area contributed by atoms with Gasteiger partial charge in [0, 0.05) is 6.20 Å². The van der Waals surface area contributed by atoms with E-state index in [1.165, 1.54) is 4.57 Å². The fraction of sp³-hybridized carbons (Fsp3) is 0.455. The number of aromatic nitrogens is 2. The normalized spacial score (nSPS) is 13.5. The van der Waals surface area contributed by atoms with E-state index >= 15 is 0 Å². The summed E-state index contributed by atoms with van der Waals surface area (Å²) in [5.74, 6) is -0.394. The van der Waals surface area contributed by atoms with Gasteiger partial charge < -0.3 is 9.52 Å². The van der Waals surface area contributed by atoms with Crippen molar-refractivity contribution < 1.29 is 9.52 Å². The van der Waals surface area contributed by atoms with Crippen LogP contribution in [0.15, 0.2) is 27.5 Å². The summed E-state index contributed by atoms with van der Waals surface area (Å²) in [5.41, 5.74) is 0.927. The lowest BCUT2D eigenvalue weighted by atomic mass is 10.1. The van der Waals surface area contributed by atoms with E-state index in [4.69, 9.17) is 4.42 Å². The Kier molecular flexibility index (Phi) is 2.78. The first kappa shape index (κ1) is 10.9. The van der Waals surface area contributed by atoms with E-state index < -0.39 is 11.9 Å². The molecule has 1 atom stereocenters. The van der Waals surface area contributed by atoms with Crippen LogP contribution in [-0.2, 0) is 6.54 Å². The molecule has 2 aromatic rings. The minimum absolute atomic E-state index is 0.0839. The van der Waals surface area contributed by atoms with Gasteiger partial charge in [0.15, 0.2) is 11.2 Å². The monoisotopic (exact) mass is 222 g/mol. The number of hydrogen-bond donors (Lipinski definition) is 1. The largest absolute Gasteiger partial charge is 0.421 e. The minimum Gasteiger partial charge on any atom is -0.406 e. The first-order chi connectivity index (χ1) is 7.59. The molecular weight excluding hydrogens is 208 g/mol. The van der Waals surface area contributed by atoms with E-state index in [0.29, 0.717) is 11.2 Å². The number of oxazole rings is 1. The molecule has 1 N–H and O–H groups in total. The van der Waals surface area contributed by atoms with Gasteiger partial charge in [0.1, 0.15) is 0 Å². The lowest BCUT2D eigenvalue weighted by Crippen LogP contribution is -2.27. The highest BCUT2D eigenvalue weighted by molar-refractivity contribution is 5.67. The van der Waals surface area contributed by atoms with Gasteiger partial charge in [-0.3, -0.25) is 4.57 Å². The van der Waals surface area contributed by atoms with Crippen molar-refractivity contribution in [3.63, 3.8) is 0 Å². The maximum atomic E-state index is 11.5. The molecule has 0 saturated carbocycles. The van der Waals surface area contributed by atoms with E-state index in [1.54, 1.807) is 18.3 Å².